The van der Waals surface area contributed by atoms with Crippen LogP contribution in [0.2, 0.25) is 5.02 Å². The van der Waals surface area contributed by atoms with Crippen molar-refractivity contribution in [2.75, 3.05) is 0 Å². The van der Waals surface area contributed by atoms with Crippen molar-refractivity contribution in [3.8, 4) is 0 Å². The van der Waals surface area contributed by atoms with Crippen molar-refractivity contribution >= 4 is 43.1 Å². The van der Waals surface area contributed by atoms with Crippen molar-refractivity contribution in [1.29, 1.82) is 0 Å². The van der Waals surface area contributed by atoms with E-state index < -0.39 is 10.1 Å². The SMILES string of the molecule is O=S(=O)(O)c1cc2c(Cl)cccc2s1. The first kappa shape index (κ1) is 9.92. The fourth-order valence-electron chi connectivity index (χ4n) is 1.13. The Morgan fingerprint density at radius 3 is 2.64 bits per heavy atom. The van der Waals surface area contributed by atoms with Gasteiger partial charge in [0.15, 0.2) is 0 Å². The number of halogens is 1. The number of hydrogen-bond donors (Lipinski definition) is 1. The maximum atomic E-state index is 10.8. The molecule has 2 aromatic rings. The molecule has 1 aromatic carbocycles. The Labute approximate surface area is 89.7 Å². The molecule has 0 unspecified atom stereocenters. The van der Waals surface area contributed by atoms with Crippen molar-refractivity contribution in [2.24, 2.45) is 0 Å². The van der Waals surface area contributed by atoms with Crippen LogP contribution in [0.15, 0.2) is 28.5 Å². The molecule has 0 amide bonds. The first-order chi connectivity index (χ1) is 6.48. The van der Waals surface area contributed by atoms with Crippen LogP contribution in [0.4, 0.5) is 0 Å². The molecule has 1 N–H and O–H groups in total. The van der Waals surface area contributed by atoms with Crippen LogP contribution >= 0.6 is 22.9 Å². The van der Waals surface area contributed by atoms with E-state index in [0.717, 1.165) is 16.0 Å². The van der Waals surface area contributed by atoms with Crippen LogP contribution in [0.5, 0.6) is 0 Å². The lowest BCUT2D eigenvalue weighted by Crippen LogP contribution is -1.93. The molecule has 0 saturated heterocycles. The van der Waals surface area contributed by atoms with Gasteiger partial charge in [-0.3, -0.25) is 4.55 Å². The molecule has 0 atom stereocenters. The van der Waals surface area contributed by atoms with Gasteiger partial charge < -0.3 is 0 Å². The molecule has 0 saturated carbocycles. The molecule has 14 heavy (non-hydrogen) atoms. The second kappa shape index (κ2) is 3.20. The molecule has 6 heteroatoms. The highest BCUT2D eigenvalue weighted by atomic mass is 35.5. The first-order valence-electron chi connectivity index (χ1n) is 3.64. The van der Waals surface area contributed by atoms with E-state index in [-0.39, 0.29) is 4.21 Å². The smallest absolute Gasteiger partial charge is 0.281 e. The van der Waals surface area contributed by atoms with Crippen LogP contribution < -0.4 is 0 Å². The molecule has 0 aliphatic carbocycles. The Balaban J connectivity index is 2.81. The third-order valence-corrected chi connectivity index (χ3v) is 4.47. The van der Waals surface area contributed by atoms with Gasteiger partial charge in [0.25, 0.3) is 0 Å². The zero-order valence-corrected chi connectivity index (χ0v) is 9.16. The number of thiophene rings is 1. The zero-order chi connectivity index (χ0) is 10.3. The van der Waals surface area contributed by atoms with Gasteiger partial charge in [0, 0.05) is 15.1 Å². The van der Waals surface area contributed by atoms with Crippen LogP contribution in [-0.4, -0.2) is 13.0 Å². The van der Waals surface area contributed by atoms with Gasteiger partial charge >= 0.3 is 10.1 Å². The third-order valence-electron chi connectivity index (χ3n) is 1.74. The Hall–Kier alpha value is -0.620. The Kier molecular flexibility index (Phi) is 2.27. The van der Waals surface area contributed by atoms with E-state index in [0.29, 0.717) is 10.4 Å². The molecule has 1 heterocycles. The van der Waals surface area contributed by atoms with E-state index in [1.807, 2.05) is 0 Å². The quantitative estimate of drug-likeness (QED) is 0.790. The predicted octanol–water partition coefficient (Wildman–Crippen LogP) is 2.80. The van der Waals surface area contributed by atoms with E-state index in [1.165, 1.54) is 6.07 Å². The molecular weight excluding hydrogens is 244 g/mol. The first-order valence-corrected chi connectivity index (χ1v) is 6.27. The lowest BCUT2D eigenvalue weighted by atomic mass is 10.3. The van der Waals surface area contributed by atoms with Gasteiger partial charge in [0.2, 0.25) is 0 Å². The topological polar surface area (TPSA) is 54.4 Å². The van der Waals surface area contributed by atoms with Crippen LogP contribution in [0.1, 0.15) is 0 Å². The molecule has 1 aromatic heterocycles. The molecule has 0 aliphatic rings. The summed E-state index contributed by atoms with van der Waals surface area (Å²) in [5.74, 6) is 0. The number of benzene rings is 1. The summed E-state index contributed by atoms with van der Waals surface area (Å²) in [5.41, 5.74) is 0. The maximum absolute atomic E-state index is 10.8. The highest BCUT2D eigenvalue weighted by molar-refractivity contribution is 7.88. The van der Waals surface area contributed by atoms with Crippen molar-refractivity contribution in [3.05, 3.63) is 29.3 Å². The highest BCUT2D eigenvalue weighted by Crippen LogP contribution is 2.33. The van der Waals surface area contributed by atoms with E-state index in [2.05, 4.69) is 0 Å². The Bertz CT molecular complexity index is 586. The van der Waals surface area contributed by atoms with Crippen LogP contribution in [0.3, 0.4) is 0 Å². The molecule has 0 spiro atoms. The summed E-state index contributed by atoms with van der Waals surface area (Å²) in [6.07, 6.45) is 0. The molecular formula is C8H5ClO3S2. The lowest BCUT2D eigenvalue weighted by molar-refractivity contribution is 0.485. The summed E-state index contributed by atoms with van der Waals surface area (Å²) in [4.78, 5) is 0. The van der Waals surface area contributed by atoms with Crippen molar-refractivity contribution in [1.82, 2.24) is 0 Å². The molecule has 0 aliphatic heterocycles. The van der Waals surface area contributed by atoms with Gasteiger partial charge in [-0.25, -0.2) is 0 Å². The minimum absolute atomic E-state index is 0.0828. The minimum Gasteiger partial charge on any atom is -0.281 e. The molecule has 74 valence electrons. The van der Waals surface area contributed by atoms with E-state index in [4.69, 9.17) is 16.2 Å². The predicted molar refractivity (Wildman–Crippen MR) is 56.6 cm³/mol. The molecule has 0 fully saturated rings. The fraction of sp³-hybridized carbons (Fsp3) is 0. The van der Waals surface area contributed by atoms with Crippen molar-refractivity contribution in [2.45, 2.75) is 4.21 Å². The Morgan fingerprint density at radius 2 is 2.07 bits per heavy atom. The van der Waals surface area contributed by atoms with Gasteiger partial charge in [-0.2, -0.15) is 8.42 Å². The fourth-order valence-corrected chi connectivity index (χ4v) is 3.19. The number of rotatable bonds is 1. The number of fused-ring (bicyclic) bond motifs is 1. The van der Waals surface area contributed by atoms with Gasteiger partial charge in [-0.05, 0) is 18.2 Å². The summed E-state index contributed by atoms with van der Waals surface area (Å²) in [7, 11) is -4.12. The van der Waals surface area contributed by atoms with E-state index >= 15 is 0 Å². The average molecular weight is 249 g/mol. The number of hydrogen-bond acceptors (Lipinski definition) is 3. The second-order valence-electron chi connectivity index (χ2n) is 2.69. The summed E-state index contributed by atoms with van der Waals surface area (Å²) in [5, 5.41) is 1.13. The summed E-state index contributed by atoms with van der Waals surface area (Å²) in [6, 6.07) is 6.53. The van der Waals surface area contributed by atoms with Crippen molar-refractivity contribution in [3.63, 3.8) is 0 Å². The van der Waals surface area contributed by atoms with E-state index in [1.54, 1.807) is 18.2 Å². The Morgan fingerprint density at radius 1 is 1.36 bits per heavy atom. The zero-order valence-electron chi connectivity index (χ0n) is 6.77. The molecule has 0 bridgehead atoms. The summed E-state index contributed by atoms with van der Waals surface area (Å²) < 4.78 is 31.2. The lowest BCUT2D eigenvalue weighted by Gasteiger charge is -1.89. The summed E-state index contributed by atoms with van der Waals surface area (Å²) >= 11 is 6.85. The second-order valence-corrected chi connectivity index (χ2v) is 5.83. The van der Waals surface area contributed by atoms with Crippen molar-refractivity contribution < 1.29 is 13.0 Å². The average Bonchev–Trinajstić information content (AvgIpc) is 2.48. The molecule has 0 radical (unpaired) electrons. The van der Waals surface area contributed by atoms with Crippen LogP contribution in [-0.2, 0) is 10.1 Å². The van der Waals surface area contributed by atoms with Crippen LogP contribution in [0, 0.1) is 0 Å². The molecule has 3 nitrogen and oxygen atoms in total. The van der Waals surface area contributed by atoms with Gasteiger partial charge in [-0.15, -0.1) is 11.3 Å². The highest BCUT2D eigenvalue weighted by Gasteiger charge is 2.14. The maximum Gasteiger partial charge on any atom is 0.304 e. The largest absolute Gasteiger partial charge is 0.304 e. The third kappa shape index (κ3) is 1.64. The van der Waals surface area contributed by atoms with E-state index in [9.17, 15) is 8.42 Å². The normalized spacial score (nSPS) is 12.1. The summed E-state index contributed by atoms with van der Waals surface area (Å²) in [6.45, 7) is 0. The monoisotopic (exact) mass is 248 g/mol. The van der Waals surface area contributed by atoms with Gasteiger partial charge in [0.1, 0.15) is 4.21 Å². The van der Waals surface area contributed by atoms with Gasteiger partial charge in [0.05, 0.1) is 0 Å². The van der Waals surface area contributed by atoms with Gasteiger partial charge in [-0.1, -0.05) is 17.7 Å². The molecule has 2 rings (SSSR count). The minimum atomic E-state index is -4.12. The standard InChI is InChI=1S/C8H5ClO3S2/c9-6-2-1-3-7-5(6)4-8(13-7)14(10,11)12/h1-4H,(H,10,11,12). The van der Waals surface area contributed by atoms with Crippen LogP contribution in [0.25, 0.3) is 10.1 Å².